The summed E-state index contributed by atoms with van der Waals surface area (Å²) in [7, 11) is 0. The Morgan fingerprint density at radius 2 is 1.64 bits per heavy atom. The molecule has 0 saturated carbocycles. The quantitative estimate of drug-likeness (QED) is 0.858. The minimum atomic E-state index is -0.310. The molecule has 0 atom stereocenters. The van der Waals surface area contributed by atoms with Crippen molar-refractivity contribution in [3.05, 3.63) is 59.2 Å². The van der Waals surface area contributed by atoms with Gasteiger partial charge in [0.2, 0.25) is 6.79 Å². The molecule has 2 aromatic carbocycles. The Hall–Kier alpha value is -3.02. The fourth-order valence-electron chi connectivity index (χ4n) is 2.95. The normalized spacial score (nSPS) is 12.6. The first-order valence-corrected chi connectivity index (χ1v) is 9.37. The number of nitrogens with one attached hydrogen (secondary N) is 1. The van der Waals surface area contributed by atoms with Gasteiger partial charge in [0, 0.05) is 29.8 Å². The monoisotopic (exact) mass is 382 g/mol. The molecule has 1 N–H and O–H groups in total. The Morgan fingerprint density at radius 3 is 2.29 bits per heavy atom. The molecular formula is C22H26N2O4. The lowest BCUT2D eigenvalue weighted by atomic mass is 10.1. The van der Waals surface area contributed by atoms with Gasteiger partial charge in [-0.1, -0.05) is 6.07 Å². The highest BCUT2D eigenvalue weighted by Crippen LogP contribution is 2.32. The minimum Gasteiger partial charge on any atom is -0.454 e. The zero-order valence-corrected chi connectivity index (χ0v) is 16.7. The van der Waals surface area contributed by atoms with Crippen molar-refractivity contribution in [1.82, 2.24) is 10.2 Å². The summed E-state index contributed by atoms with van der Waals surface area (Å²) >= 11 is 0. The number of hydrogen-bond donors (Lipinski definition) is 1. The molecule has 0 aliphatic carbocycles. The Balaban J connectivity index is 1.70. The lowest BCUT2D eigenvalue weighted by Crippen LogP contribution is -2.40. The fourth-order valence-corrected chi connectivity index (χ4v) is 2.95. The first-order chi connectivity index (χ1) is 13.3. The zero-order chi connectivity index (χ0) is 20.3. The summed E-state index contributed by atoms with van der Waals surface area (Å²) in [5.41, 5.74) is 1.75. The van der Waals surface area contributed by atoms with Crippen molar-refractivity contribution >= 4 is 11.8 Å². The number of nitrogens with zero attached hydrogens (tertiary/aromatic N) is 1. The Kier molecular flexibility index (Phi) is 5.58. The van der Waals surface area contributed by atoms with Crippen LogP contribution in [-0.4, -0.2) is 35.6 Å². The van der Waals surface area contributed by atoms with Crippen molar-refractivity contribution in [2.75, 3.05) is 13.3 Å². The molecule has 0 radical (unpaired) electrons. The topological polar surface area (TPSA) is 67.9 Å². The van der Waals surface area contributed by atoms with E-state index in [0.29, 0.717) is 30.0 Å². The maximum absolute atomic E-state index is 12.9. The van der Waals surface area contributed by atoms with Crippen LogP contribution in [0, 0.1) is 0 Å². The van der Waals surface area contributed by atoms with E-state index in [9.17, 15) is 9.59 Å². The molecule has 1 heterocycles. The van der Waals surface area contributed by atoms with Gasteiger partial charge < -0.3 is 19.7 Å². The van der Waals surface area contributed by atoms with E-state index in [0.717, 1.165) is 11.3 Å². The SMILES string of the molecule is CCN(Cc1ccc2c(c1)OCO2)C(=O)c1ccc(C(=O)NC(C)(C)C)cc1. The predicted octanol–water partition coefficient (Wildman–Crippen LogP) is 3.61. The van der Waals surface area contributed by atoms with Crippen LogP contribution in [-0.2, 0) is 6.54 Å². The molecule has 0 spiro atoms. The molecular weight excluding hydrogens is 356 g/mol. The third kappa shape index (κ3) is 4.63. The van der Waals surface area contributed by atoms with Crippen LogP contribution in [0.2, 0.25) is 0 Å². The highest BCUT2D eigenvalue weighted by molar-refractivity contribution is 5.98. The van der Waals surface area contributed by atoms with Crippen molar-refractivity contribution in [2.45, 2.75) is 39.8 Å². The number of amides is 2. The van der Waals surface area contributed by atoms with Crippen molar-refractivity contribution < 1.29 is 19.1 Å². The third-order valence-corrected chi connectivity index (χ3v) is 4.36. The van der Waals surface area contributed by atoms with Gasteiger partial charge in [0.05, 0.1) is 0 Å². The maximum atomic E-state index is 12.9. The lowest BCUT2D eigenvalue weighted by Gasteiger charge is -2.22. The number of carbonyl (C=O) groups excluding carboxylic acids is 2. The molecule has 148 valence electrons. The van der Waals surface area contributed by atoms with Crippen LogP contribution in [0.25, 0.3) is 0 Å². The number of fused-ring (bicyclic) bond motifs is 1. The smallest absolute Gasteiger partial charge is 0.254 e. The van der Waals surface area contributed by atoms with Gasteiger partial charge in [0.1, 0.15) is 0 Å². The number of hydrogen-bond acceptors (Lipinski definition) is 4. The Labute approximate surface area is 165 Å². The standard InChI is InChI=1S/C22H26N2O4/c1-5-24(13-15-6-11-18-19(12-15)28-14-27-18)21(26)17-9-7-16(8-10-17)20(25)23-22(2,3)4/h6-12H,5,13-14H2,1-4H3,(H,23,25). The summed E-state index contributed by atoms with van der Waals surface area (Å²) in [5.74, 6) is 1.19. The van der Waals surface area contributed by atoms with E-state index in [4.69, 9.17) is 9.47 Å². The number of ether oxygens (including phenoxy) is 2. The van der Waals surface area contributed by atoms with Crippen molar-refractivity contribution in [1.29, 1.82) is 0 Å². The van der Waals surface area contributed by atoms with Gasteiger partial charge in [-0.2, -0.15) is 0 Å². The average Bonchev–Trinajstić information content (AvgIpc) is 3.12. The molecule has 0 saturated heterocycles. The Bertz CT molecular complexity index is 869. The molecule has 0 bridgehead atoms. The fraction of sp³-hybridized carbons (Fsp3) is 0.364. The van der Waals surface area contributed by atoms with E-state index in [1.54, 1.807) is 29.2 Å². The third-order valence-electron chi connectivity index (χ3n) is 4.36. The summed E-state index contributed by atoms with van der Waals surface area (Å²) in [5, 5.41) is 2.91. The summed E-state index contributed by atoms with van der Waals surface area (Å²) in [4.78, 5) is 26.9. The van der Waals surface area contributed by atoms with E-state index in [2.05, 4.69) is 5.32 Å². The highest BCUT2D eigenvalue weighted by Gasteiger charge is 2.19. The second-order valence-electron chi connectivity index (χ2n) is 7.79. The van der Waals surface area contributed by atoms with Gasteiger partial charge in [0.25, 0.3) is 11.8 Å². The number of carbonyl (C=O) groups is 2. The molecule has 28 heavy (non-hydrogen) atoms. The van der Waals surface area contributed by atoms with Crippen LogP contribution in [0.1, 0.15) is 54.0 Å². The molecule has 2 aromatic rings. The van der Waals surface area contributed by atoms with Gasteiger partial charge in [-0.3, -0.25) is 9.59 Å². The van der Waals surface area contributed by atoms with Crippen LogP contribution >= 0.6 is 0 Å². The van der Waals surface area contributed by atoms with Crippen molar-refractivity contribution in [3.63, 3.8) is 0 Å². The molecule has 1 aliphatic rings. The minimum absolute atomic E-state index is 0.0806. The van der Waals surface area contributed by atoms with E-state index in [-0.39, 0.29) is 24.1 Å². The molecule has 6 nitrogen and oxygen atoms in total. The van der Waals surface area contributed by atoms with Gasteiger partial charge in [-0.15, -0.1) is 0 Å². The highest BCUT2D eigenvalue weighted by atomic mass is 16.7. The largest absolute Gasteiger partial charge is 0.454 e. The molecule has 0 fully saturated rings. The van der Waals surface area contributed by atoms with E-state index in [1.165, 1.54) is 0 Å². The van der Waals surface area contributed by atoms with E-state index < -0.39 is 0 Å². The predicted molar refractivity (Wildman–Crippen MR) is 107 cm³/mol. The van der Waals surface area contributed by atoms with E-state index >= 15 is 0 Å². The summed E-state index contributed by atoms with van der Waals surface area (Å²) in [6.45, 7) is 8.99. The summed E-state index contributed by atoms with van der Waals surface area (Å²) in [6, 6.07) is 12.5. The molecule has 3 rings (SSSR count). The summed E-state index contributed by atoms with van der Waals surface area (Å²) in [6.07, 6.45) is 0. The van der Waals surface area contributed by atoms with Gasteiger partial charge >= 0.3 is 0 Å². The number of rotatable bonds is 5. The lowest BCUT2D eigenvalue weighted by molar-refractivity contribution is 0.0751. The molecule has 0 unspecified atom stereocenters. The second kappa shape index (κ2) is 7.92. The van der Waals surface area contributed by atoms with Crippen LogP contribution in [0.15, 0.2) is 42.5 Å². The van der Waals surface area contributed by atoms with Crippen LogP contribution < -0.4 is 14.8 Å². The Morgan fingerprint density at radius 1 is 1.00 bits per heavy atom. The van der Waals surface area contributed by atoms with Crippen LogP contribution in [0.5, 0.6) is 11.5 Å². The molecule has 1 aliphatic heterocycles. The van der Waals surface area contributed by atoms with Gasteiger partial charge in [-0.25, -0.2) is 0 Å². The average molecular weight is 382 g/mol. The second-order valence-corrected chi connectivity index (χ2v) is 7.79. The molecule has 2 amide bonds. The molecule has 6 heteroatoms. The first-order valence-electron chi connectivity index (χ1n) is 9.37. The van der Waals surface area contributed by atoms with Crippen molar-refractivity contribution in [3.8, 4) is 11.5 Å². The zero-order valence-electron chi connectivity index (χ0n) is 16.7. The van der Waals surface area contributed by atoms with Gasteiger partial charge in [-0.05, 0) is 69.7 Å². The van der Waals surface area contributed by atoms with Crippen LogP contribution in [0.4, 0.5) is 0 Å². The molecule has 0 aromatic heterocycles. The number of benzene rings is 2. The van der Waals surface area contributed by atoms with Crippen molar-refractivity contribution in [2.24, 2.45) is 0 Å². The van der Waals surface area contributed by atoms with E-state index in [1.807, 2.05) is 45.9 Å². The van der Waals surface area contributed by atoms with Crippen LogP contribution in [0.3, 0.4) is 0 Å². The maximum Gasteiger partial charge on any atom is 0.254 e. The van der Waals surface area contributed by atoms with Gasteiger partial charge in [0.15, 0.2) is 11.5 Å². The summed E-state index contributed by atoms with van der Waals surface area (Å²) < 4.78 is 10.7. The first kappa shape index (κ1) is 19.7.